The van der Waals surface area contributed by atoms with Gasteiger partial charge in [0.25, 0.3) is 0 Å². The van der Waals surface area contributed by atoms with E-state index in [9.17, 15) is 13.2 Å². The first kappa shape index (κ1) is 20.6. The maximum Gasteiger partial charge on any atom is 0.390 e. The lowest BCUT2D eigenvalue weighted by molar-refractivity contribution is -0.132. The molecule has 8 heteroatoms. The Kier molecular flexibility index (Phi) is 7.85. The molecule has 0 aliphatic carbocycles. The van der Waals surface area contributed by atoms with E-state index in [1.807, 2.05) is 18.3 Å². The number of guanidine groups is 1. The van der Waals surface area contributed by atoms with E-state index in [1.54, 1.807) is 7.05 Å². The second kappa shape index (κ2) is 9.14. The number of benzene rings is 1. The van der Waals surface area contributed by atoms with Crippen LogP contribution in [-0.2, 0) is 6.42 Å². The molecule has 0 unspecified atom stereocenters. The summed E-state index contributed by atoms with van der Waals surface area (Å²) < 4.78 is 36.4. The molecule has 0 amide bonds. The van der Waals surface area contributed by atoms with Crippen molar-refractivity contribution in [2.45, 2.75) is 25.9 Å². The number of aromatic amines is 1. The molecule has 2 rings (SSSR count). The van der Waals surface area contributed by atoms with Crippen LogP contribution in [0, 0.1) is 6.92 Å². The van der Waals surface area contributed by atoms with Gasteiger partial charge in [-0.2, -0.15) is 13.2 Å². The number of nitrogens with one attached hydrogen (secondary N) is 3. The molecule has 0 bridgehead atoms. The molecule has 0 aliphatic heterocycles. The topological polar surface area (TPSA) is 52.2 Å². The van der Waals surface area contributed by atoms with Gasteiger partial charge in [0.1, 0.15) is 0 Å². The first-order chi connectivity index (χ1) is 10.9. The maximum atomic E-state index is 12.1. The Morgan fingerprint density at radius 2 is 1.92 bits per heavy atom. The number of aliphatic imine (C=N–C) groups is 1. The van der Waals surface area contributed by atoms with Gasteiger partial charge in [0.15, 0.2) is 5.96 Å². The minimum absolute atomic E-state index is 0. The van der Waals surface area contributed by atoms with E-state index in [1.165, 1.54) is 16.5 Å². The number of rotatable bonds is 5. The van der Waals surface area contributed by atoms with E-state index in [4.69, 9.17) is 0 Å². The number of hydrogen-bond donors (Lipinski definition) is 3. The van der Waals surface area contributed by atoms with Gasteiger partial charge in [0, 0.05) is 37.2 Å². The quantitative estimate of drug-likeness (QED) is 0.366. The standard InChI is InChI=1S/C16H21F3N4.HI/c1-11-4-3-5-13-14(11)12(10-23-13)6-8-21-15(20-2)22-9-7-16(17,18)19;/h3-5,10,23H,6-9H2,1-2H3,(H2,20,21,22);1H. The molecule has 0 radical (unpaired) electrons. The third kappa shape index (κ3) is 5.88. The SMILES string of the molecule is CN=C(NCCc1c[nH]c2cccc(C)c12)NCCC(F)(F)F.I. The van der Waals surface area contributed by atoms with Gasteiger partial charge in [-0.25, -0.2) is 0 Å². The van der Waals surface area contributed by atoms with E-state index in [2.05, 4.69) is 33.6 Å². The third-order valence-electron chi connectivity index (χ3n) is 3.61. The molecule has 0 atom stereocenters. The van der Waals surface area contributed by atoms with Crippen molar-refractivity contribution < 1.29 is 13.2 Å². The summed E-state index contributed by atoms with van der Waals surface area (Å²) in [6, 6.07) is 6.09. The Morgan fingerprint density at radius 1 is 1.21 bits per heavy atom. The summed E-state index contributed by atoms with van der Waals surface area (Å²) in [5.41, 5.74) is 3.47. The Labute approximate surface area is 156 Å². The summed E-state index contributed by atoms with van der Waals surface area (Å²) in [6.45, 7) is 2.47. The number of hydrogen-bond acceptors (Lipinski definition) is 1. The molecule has 0 spiro atoms. The Bertz CT molecular complexity index is 680. The monoisotopic (exact) mass is 454 g/mol. The van der Waals surface area contributed by atoms with Gasteiger partial charge in [-0.3, -0.25) is 4.99 Å². The molecular formula is C16H22F3IN4. The zero-order chi connectivity index (χ0) is 16.9. The smallest absolute Gasteiger partial charge is 0.361 e. The van der Waals surface area contributed by atoms with Crippen LogP contribution in [0.1, 0.15) is 17.5 Å². The second-order valence-corrected chi connectivity index (χ2v) is 5.35. The lowest BCUT2D eigenvalue weighted by atomic mass is 10.1. The molecule has 24 heavy (non-hydrogen) atoms. The zero-order valence-corrected chi connectivity index (χ0v) is 16.0. The van der Waals surface area contributed by atoms with Gasteiger partial charge >= 0.3 is 6.18 Å². The maximum absolute atomic E-state index is 12.1. The fraction of sp³-hybridized carbons (Fsp3) is 0.438. The molecule has 2 aromatic rings. The summed E-state index contributed by atoms with van der Waals surface area (Å²) in [5, 5.41) is 6.90. The van der Waals surface area contributed by atoms with Gasteiger partial charge in [-0.15, -0.1) is 24.0 Å². The first-order valence-corrected chi connectivity index (χ1v) is 7.47. The van der Waals surface area contributed by atoms with E-state index in [0.717, 1.165) is 11.9 Å². The zero-order valence-electron chi connectivity index (χ0n) is 13.6. The van der Waals surface area contributed by atoms with E-state index in [0.29, 0.717) is 12.5 Å². The van der Waals surface area contributed by atoms with Crippen molar-refractivity contribution in [3.63, 3.8) is 0 Å². The van der Waals surface area contributed by atoms with Crippen molar-refractivity contribution in [1.29, 1.82) is 0 Å². The summed E-state index contributed by atoms with van der Waals surface area (Å²) >= 11 is 0. The predicted octanol–water partition coefficient (Wildman–Crippen LogP) is 3.75. The lowest BCUT2D eigenvalue weighted by Crippen LogP contribution is -2.39. The highest BCUT2D eigenvalue weighted by molar-refractivity contribution is 14.0. The average molecular weight is 454 g/mol. The van der Waals surface area contributed by atoms with Gasteiger partial charge in [0.05, 0.1) is 6.42 Å². The fourth-order valence-corrected chi connectivity index (χ4v) is 2.51. The number of nitrogens with zero attached hydrogens (tertiary/aromatic N) is 1. The minimum Gasteiger partial charge on any atom is -0.361 e. The molecule has 0 saturated heterocycles. The average Bonchev–Trinajstić information content (AvgIpc) is 2.89. The van der Waals surface area contributed by atoms with Crippen LogP contribution >= 0.6 is 24.0 Å². The number of halogens is 4. The third-order valence-corrected chi connectivity index (χ3v) is 3.61. The molecule has 1 aromatic heterocycles. The molecule has 1 aromatic carbocycles. The first-order valence-electron chi connectivity index (χ1n) is 7.47. The highest BCUT2D eigenvalue weighted by Gasteiger charge is 2.26. The Balaban J connectivity index is 0.00000288. The number of H-pyrrole nitrogens is 1. The summed E-state index contributed by atoms with van der Waals surface area (Å²) in [6.07, 6.45) is -2.31. The van der Waals surface area contributed by atoms with Crippen molar-refractivity contribution in [3.05, 3.63) is 35.5 Å². The number of aromatic nitrogens is 1. The van der Waals surface area contributed by atoms with Gasteiger partial charge in [-0.1, -0.05) is 12.1 Å². The molecule has 4 nitrogen and oxygen atoms in total. The molecule has 1 heterocycles. The molecule has 0 saturated carbocycles. The number of aryl methyl sites for hydroxylation is 1. The Hall–Kier alpha value is -1.45. The largest absolute Gasteiger partial charge is 0.390 e. The van der Waals surface area contributed by atoms with Crippen LogP contribution in [-0.4, -0.2) is 37.3 Å². The number of fused-ring (bicyclic) bond motifs is 1. The minimum atomic E-state index is -4.16. The normalized spacial score (nSPS) is 12.1. The predicted molar refractivity (Wildman–Crippen MR) is 102 cm³/mol. The van der Waals surface area contributed by atoms with Crippen molar-refractivity contribution >= 4 is 40.8 Å². The highest BCUT2D eigenvalue weighted by atomic mass is 127. The number of alkyl halides is 3. The van der Waals surface area contributed by atoms with Crippen LogP contribution in [0.2, 0.25) is 0 Å². The molecule has 0 fully saturated rings. The van der Waals surface area contributed by atoms with Crippen LogP contribution < -0.4 is 10.6 Å². The van der Waals surface area contributed by atoms with E-state index in [-0.39, 0.29) is 30.5 Å². The van der Waals surface area contributed by atoms with Crippen molar-refractivity contribution in [1.82, 2.24) is 15.6 Å². The fourth-order valence-electron chi connectivity index (χ4n) is 2.51. The van der Waals surface area contributed by atoms with Crippen LogP contribution in [0.5, 0.6) is 0 Å². The molecular weight excluding hydrogens is 432 g/mol. The van der Waals surface area contributed by atoms with Crippen LogP contribution in [0.25, 0.3) is 10.9 Å². The van der Waals surface area contributed by atoms with Crippen molar-refractivity contribution in [3.8, 4) is 0 Å². The highest BCUT2D eigenvalue weighted by Crippen LogP contribution is 2.22. The summed E-state index contributed by atoms with van der Waals surface area (Å²) in [4.78, 5) is 7.16. The summed E-state index contributed by atoms with van der Waals surface area (Å²) in [5.74, 6) is 0.380. The van der Waals surface area contributed by atoms with Gasteiger partial charge < -0.3 is 15.6 Å². The van der Waals surface area contributed by atoms with E-state index < -0.39 is 12.6 Å². The van der Waals surface area contributed by atoms with Crippen LogP contribution in [0.4, 0.5) is 13.2 Å². The molecule has 3 N–H and O–H groups in total. The van der Waals surface area contributed by atoms with Crippen molar-refractivity contribution in [2.24, 2.45) is 4.99 Å². The summed E-state index contributed by atoms with van der Waals surface area (Å²) in [7, 11) is 1.54. The molecule has 0 aliphatic rings. The van der Waals surface area contributed by atoms with Gasteiger partial charge in [0.2, 0.25) is 0 Å². The van der Waals surface area contributed by atoms with E-state index >= 15 is 0 Å². The van der Waals surface area contributed by atoms with Crippen LogP contribution in [0.3, 0.4) is 0 Å². The Morgan fingerprint density at radius 3 is 2.58 bits per heavy atom. The molecule has 134 valence electrons. The lowest BCUT2D eigenvalue weighted by Gasteiger charge is -2.12. The van der Waals surface area contributed by atoms with Gasteiger partial charge in [-0.05, 0) is 30.5 Å². The van der Waals surface area contributed by atoms with Crippen molar-refractivity contribution in [2.75, 3.05) is 20.1 Å². The second-order valence-electron chi connectivity index (χ2n) is 5.35. The van der Waals surface area contributed by atoms with Crippen LogP contribution in [0.15, 0.2) is 29.4 Å².